The number of hydrogen-bond acceptors (Lipinski definition) is 5. The summed E-state index contributed by atoms with van der Waals surface area (Å²) < 4.78 is 5.08. The number of hydrogen-bond donors (Lipinski definition) is 1. The molecule has 0 amide bonds. The molecule has 1 fully saturated rings. The summed E-state index contributed by atoms with van der Waals surface area (Å²) >= 11 is 0. The molecular weight excluding hydrogens is 192 g/mol. The van der Waals surface area contributed by atoms with Gasteiger partial charge in [-0.1, -0.05) is 0 Å². The zero-order valence-corrected chi connectivity index (χ0v) is 8.89. The van der Waals surface area contributed by atoms with Gasteiger partial charge in [-0.2, -0.15) is 0 Å². The summed E-state index contributed by atoms with van der Waals surface area (Å²) in [6.07, 6.45) is 2.46. The van der Waals surface area contributed by atoms with E-state index in [0.29, 0.717) is 18.5 Å². The summed E-state index contributed by atoms with van der Waals surface area (Å²) in [5.41, 5.74) is 5.50. The molecule has 15 heavy (non-hydrogen) atoms. The van der Waals surface area contributed by atoms with Crippen molar-refractivity contribution in [1.82, 2.24) is 10.2 Å². The van der Waals surface area contributed by atoms with Gasteiger partial charge in [-0.05, 0) is 25.0 Å². The molecule has 1 heterocycles. The maximum Gasteiger partial charge on any atom is 0.151 e. The summed E-state index contributed by atoms with van der Waals surface area (Å²) in [6.45, 7) is 1.57. The van der Waals surface area contributed by atoms with E-state index in [2.05, 4.69) is 15.1 Å². The molecule has 1 aliphatic rings. The van der Waals surface area contributed by atoms with Crippen LogP contribution in [0, 0.1) is 0 Å². The zero-order valence-electron chi connectivity index (χ0n) is 8.89. The Morgan fingerprint density at radius 2 is 2.27 bits per heavy atom. The Bertz CT molecular complexity index is 310. The lowest BCUT2D eigenvalue weighted by Gasteiger charge is -2.22. The molecule has 5 heteroatoms. The van der Waals surface area contributed by atoms with Crippen LogP contribution in [0.25, 0.3) is 0 Å². The number of rotatable bonds is 5. The second kappa shape index (κ2) is 4.44. The molecule has 2 N–H and O–H groups in total. The predicted octanol–water partition coefficient (Wildman–Crippen LogP) is 0.674. The summed E-state index contributed by atoms with van der Waals surface area (Å²) in [5.74, 6) is 1.35. The van der Waals surface area contributed by atoms with Crippen LogP contribution < -0.4 is 10.6 Å². The second-order valence-electron chi connectivity index (χ2n) is 3.73. The molecule has 1 aromatic rings. The topological polar surface area (TPSA) is 64.3 Å². The smallest absolute Gasteiger partial charge is 0.151 e. The van der Waals surface area contributed by atoms with Gasteiger partial charge in [0.1, 0.15) is 5.82 Å². The first-order chi connectivity index (χ1) is 7.31. The standard InChI is InChI=1S/C10H16N4O/c1-15-7-6-14(8-2-3-8)10-5-4-9(11)12-13-10/h4-5,8H,2-3,6-7H2,1H3,(H2,11,12). The number of nitrogens with zero attached hydrogens (tertiary/aromatic N) is 3. The van der Waals surface area contributed by atoms with Gasteiger partial charge in [-0.3, -0.25) is 0 Å². The van der Waals surface area contributed by atoms with E-state index >= 15 is 0 Å². The summed E-state index contributed by atoms with van der Waals surface area (Å²) in [5, 5.41) is 7.95. The highest BCUT2D eigenvalue weighted by molar-refractivity contribution is 5.43. The van der Waals surface area contributed by atoms with Crippen LogP contribution >= 0.6 is 0 Å². The van der Waals surface area contributed by atoms with Crippen molar-refractivity contribution >= 4 is 11.6 Å². The quantitative estimate of drug-likeness (QED) is 0.770. The van der Waals surface area contributed by atoms with Crippen molar-refractivity contribution in [2.24, 2.45) is 0 Å². The number of nitrogens with two attached hydrogens (primary N) is 1. The fourth-order valence-corrected chi connectivity index (χ4v) is 1.55. The predicted molar refractivity (Wildman–Crippen MR) is 58.7 cm³/mol. The lowest BCUT2D eigenvalue weighted by Crippen LogP contribution is -2.30. The summed E-state index contributed by atoms with van der Waals surface area (Å²) in [6, 6.07) is 4.30. The molecule has 5 nitrogen and oxygen atoms in total. The van der Waals surface area contributed by atoms with E-state index < -0.39 is 0 Å². The molecule has 82 valence electrons. The van der Waals surface area contributed by atoms with Gasteiger partial charge in [-0.15, -0.1) is 10.2 Å². The van der Waals surface area contributed by atoms with Gasteiger partial charge >= 0.3 is 0 Å². The third-order valence-corrected chi connectivity index (χ3v) is 2.49. The average Bonchev–Trinajstić information content (AvgIpc) is 3.05. The van der Waals surface area contributed by atoms with Crippen LogP contribution in [0.1, 0.15) is 12.8 Å². The van der Waals surface area contributed by atoms with E-state index in [0.717, 1.165) is 12.4 Å². The molecule has 0 atom stereocenters. The maximum absolute atomic E-state index is 5.50. The SMILES string of the molecule is COCCN(c1ccc(N)nn1)C1CC1. The Morgan fingerprint density at radius 1 is 1.47 bits per heavy atom. The molecule has 0 aliphatic heterocycles. The molecule has 0 radical (unpaired) electrons. The number of ether oxygens (including phenoxy) is 1. The highest BCUT2D eigenvalue weighted by atomic mass is 16.5. The number of aromatic nitrogens is 2. The van der Waals surface area contributed by atoms with Gasteiger partial charge in [0.15, 0.2) is 5.82 Å². The van der Waals surface area contributed by atoms with E-state index in [1.165, 1.54) is 12.8 Å². The van der Waals surface area contributed by atoms with Crippen molar-refractivity contribution in [3.05, 3.63) is 12.1 Å². The zero-order chi connectivity index (χ0) is 10.7. The minimum Gasteiger partial charge on any atom is -0.383 e. The lowest BCUT2D eigenvalue weighted by molar-refractivity contribution is 0.204. The first-order valence-electron chi connectivity index (χ1n) is 5.16. The van der Waals surface area contributed by atoms with E-state index in [1.54, 1.807) is 13.2 Å². The van der Waals surface area contributed by atoms with E-state index in [-0.39, 0.29) is 0 Å². The minimum atomic E-state index is 0.459. The Labute approximate surface area is 89.2 Å². The van der Waals surface area contributed by atoms with Crippen molar-refractivity contribution in [2.45, 2.75) is 18.9 Å². The average molecular weight is 208 g/mol. The molecule has 1 aliphatic carbocycles. The van der Waals surface area contributed by atoms with Gasteiger partial charge < -0.3 is 15.4 Å². The van der Waals surface area contributed by atoms with Gasteiger partial charge in [0.05, 0.1) is 6.61 Å². The van der Waals surface area contributed by atoms with Crippen LogP contribution in [0.3, 0.4) is 0 Å². The first-order valence-corrected chi connectivity index (χ1v) is 5.16. The van der Waals surface area contributed by atoms with E-state index in [4.69, 9.17) is 10.5 Å². The monoisotopic (exact) mass is 208 g/mol. The van der Waals surface area contributed by atoms with Crippen LogP contribution in [0.2, 0.25) is 0 Å². The van der Waals surface area contributed by atoms with E-state index in [9.17, 15) is 0 Å². The van der Waals surface area contributed by atoms with Crippen LogP contribution in [-0.2, 0) is 4.74 Å². The first kappa shape index (κ1) is 10.2. The van der Waals surface area contributed by atoms with Crippen molar-refractivity contribution < 1.29 is 4.74 Å². The molecule has 0 unspecified atom stereocenters. The fraction of sp³-hybridized carbons (Fsp3) is 0.600. The van der Waals surface area contributed by atoms with Crippen molar-refractivity contribution in [3.63, 3.8) is 0 Å². The van der Waals surface area contributed by atoms with Crippen LogP contribution in [0.4, 0.5) is 11.6 Å². The molecule has 0 spiro atoms. The molecule has 1 aromatic heterocycles. The van der Waals surface area contributed by atoms with Gasteiger partial charge in [0, 0.05) is 19.7 Å². The van der Waals surface area contributed by atoms with Crippen molar-refractivity contribution in [3.8, 4) is 0 Å². The number of anilines is 2. The molecule has 0 aromatic carbocycles. The third-order valence-electron chi connectivity index (χ3n) is 2.49. The fourth-order valence-electron chi connectivity index (χ4n) is 1.55. The van der Waals surface area contributed by atoms with Crippen LogP contribution in [-0.4, -0.2) is 36.5 Å². The molecule has 0 bridgehead atoms. The maximum atomic E-state index is 5.50. The summed E-state index contributed by atoms with van der Waals surface area (Å²) in [4.78, 5) is 2.23. The highest BCUT2D eigenvalue weighted by Gasteiger charge is 2.29. The molecule has 1 saturated carbocycles. The Balaban J connectivity index is 2.06. The normalized spacial score (nSPS) is 15.3. The summed E-state index contributed by atoms with van der Waals surface area (Å²) in [7, 11) is 1.71. The van der Waals surface area contributed by atoms with Gasteiger partial charge in [0.25, 0.3) is 0 Å². The largest absolute Gasteiger partial charge is 0.383 e. The van der Waals surface area contributed by atoms with Gasteiger partial charge in [0.2, 0.25) is 0 Å². The second-order valence-corrected chi connectivity index (χ2v) is 3.73. The van der Waals surface area contributed by atoms with Crippen molar-refractivity contribution in [2.75, 3.05) is 30.9 Å². The Kier molecular flexibility index (Phi) is 3.01. The number of methoxy groups -OCH3 is 1. The molecule has 2 rings (SSSR count). The van der Waals surface area contributed by atoms with E-state index in [1.807, 2.05) is 6.07 Å². The number of nitrogen functional groups attached to an aromatic ring is 1. The lowest BCUT2D eigenvalue weighted by atomic mass is 10.4. The highest BCUT2D eigenvalue weighted by Crippen LogP contribution is 2.29. The third kappa shape index (κ3) is 2.56. The van der Waals surface area contributed by atoms with Gasteiger partial charge in [-0.25, -0.2) is 0 Å². The Hall–Kier alpha value is -1.36. The Morgan fingerprint density at radius 3 is 2.80 bits per heavy atom. The van der Waals surface area contributed by atoms with Crippen LogP contribution in [0.15, 0.2) is 12.1 Å². The van der Waals surface area contributed by atoms with Crippen molar-refractivity contribution in [1.29, 1.82) is 0 Å². The molecule has 0 saturated heterocycles. The minimum absolute atomic E-state index is 0.459. The molecular formula is C10H16N4O. The van der Waals surface area contributed by atoms with Crippen LogP contribution in [0.5, 0.6) is 0 Å².